The summed E-state index contributed by atoms with van der Waals surface area (Å²) in [6.45, 7) is 0. The summed E-state index contributed by atoms with van der Waals surface area (Å²) < 4.78 is 0. The highest BCUT2D eigenvalue weighted by Crippen LogP contribution is 2.30. The van der Waals surface area contributed by atoms with Crippen LogP contribution in [-0.4, -0.2) is 10.9 Å². The Hall–Kier alpha value is -1.31. The Balaban J connectivity index is 2.20. The number of hydrogen-bond acceptors (Lipinski definition) is 2. The molecule has 0 radical (unpaired) electrons. The first-order valence-corrected chi connectivity index (χ1v) is 5.09. The summed E-state index contributed by atoms with van der Waals surface area (Å²) in [6, 6.07) is 7.00. The Kier molecular flexibility index (Phi) is 2.53. The monoisotopic (exact) mass is 190 g/mol. The molecule has 14 heavy (non-hydrogen) atoms. The molecule has 1 aliphatic rings. The third kappa shape index (κ3) is 1.79. The van der Waals surface area contributed by atoms with Gasteiger partial charge in [0.2, 0.25) is 0 Å². The minimum atomic E-state index is 0.0735. The van der Waals surface area contributed by atoms with Crippen molar-refractivity contribution in [3.63, 3.8) is 0 Å². The van der Waals surface area contributed by atoms with E-state index in [1.54, 1.807) is 12.1 Å². The first-order valence-electron chi connectivity index (χ1n) is 5.09. The highest BCUT2D eigenvalue weighted by Gasteiger charge is 2.23. The van der Waals surface area contributed by atoms with Crippen molar-refractivity contribution in [2.45, 2.75) is 31.6 Å². The third-order valence-corrected chi connectivity index (χ3v) is 2.85. The van der Waals surface area contributed by atoms with Gasteiger partial charge in [0.1, 0.15) is 11.5 Å². The molecule has 1 saturated carbocycles. The number of hydrogen-bond donors (Lipinski definition) is 1. The van der Waals surface area contributed by atoms with Gasteiger partial charge in [-0.1, -0.05) is 18.6 Å². The lowest BCUT2D eigenvalue weighted by Crippen LogP contribution is -2.16. The molecule has 2 rings (SSSR count). The van der Waals surface area contributed by atoms with Gasteiger partial charge in [0.05, 0.1) is 0 Å². The number of carbonyl (C=O) groups is 1. The van der Waals surface area contributed by atoms with Crippen LogP contribution in [0.1, 0.15) is 37.2 Å². The highest BCUT2D eigenvalue weighted by molar-refractivity contribution is 5.86. The van der Waals surface area contributed by atoms with E-state index in [-0.39, 0.29) is 11.7 Å². The minimum absolute atomic E-state index is 0.0735. The van der Waals surface area contributed by atoms with Crippen molar-refractivity contribution in [2.24, 2.45) is 0 Å². The third-order valence-electron chi connectivity index (χ3n) is 2.85. The molecular formula is C12H14O2. The second-order valence-corrected chi connectivity index (χ2v) is 3.86. The molecule has 1 aliphatic carbocycles. The molecule has 0 spiro atoms. The fourth-order valence-corrected chi connectivity index (χ4v) is 2.04. The molecule has 0 heterocycles. The van der Waals surface area contributed by atoms with Crippen molar-refractivity contribution in [3.8, 4) is 5.75 Å². The smallest absolute Gasteiger partial charge is 0.140 e. The lowest BCUT2D eigenvalue weighted by molar-refractivity contribution is -0.121. The van der Waals surface area contributed by atoms with Crippen LogP contribution in [0.5, 0.6) is 5.75 Å². The maximum absolute atomic E-state index is 11.6. The number of rotatable bonds is 1. The van der Waals surface area contributed by atoms with Crippen LogP contribution in [-0.2, 0) is 4.79 Å². The van der Waals surface area contributed by atoms with Crippen LogP contribution < -0.4 is 0 Å². The average Bonchev–Trinajstić information content (AvgIpc) is 2.20. The molecule has 1 N–H and O–H groups in total. The number of phenols is 1. The molecule has 1 aromatic rings. The van der Waals surface area contributed by atoms with E-state index < -0.39 is 0 Å². The Morgan fingerprint density at radius 1 is 1.14 bits per heavy atom. The zero-order valence-electron chi connectivity index (χ0n) is 8.07. The van der Waals surface area contributed by atoms with Gasteiger partial charge in [-0.2, -0.15) is 0 Å². The van der Waals surface area contributed by atoms with Gasteiger partial charge < -0.3 is 5.11 Å². The second kappa shape index (κ2) is 3.82. The van der Waals surface area contributed by atoms with Gasteiger partial charge in [-0.05, 0) is 30.5 Å². The molecule has 1 unspecified atom stereocenters. The fraction of sp³-hybridized carbons (Fsp3) is 0.417. The molecular weight excluding hydrogens is 176 g/mol. The topological polar surface area (TPSA) is 37.3 Å². The van der Waals surface area contributed by atoms with Crippen LogP contribution in [0, 0.1) is 0 Å². The lowest BCUT2D eigenvalue weighted by Gasteiger charge is -2.20. The second-order valence-electron chi connectivity index (χ2n) is 3.86. The number of phenolic OH excluding ortho intramolecular Hbond substituents is 1. The van der Waals surface area contributed by atoms with Crippen LogP contribution >= 0.6 is 0 Å². The number of benzene rings is 1. The Morgan fingerprint density at radius 2 is 1.86 bits per heavy atom. The quantitative estimate of drug-likeness (QED) is 0.739. The highest BCUT2D eigenvalue weighted by atomic mass is 16.3. The normalized spacial score (nSPS) is 22.3. The summed E-state index contributed by atoms with van der Waals surface area (Å²) >= 11 is 0. The number of Topliss-reactive ketones (excluding diaryl/α,β-unsaturated/α-hetero) is 1. The summed E-state index contributed by atoms with van der Waals surface area (Å²) in [4.78, 5) is 11.6. The van der Waals surface area contributed by atoms with E-state index in [4.69, 9.17) is 5.11 Å². The van der Waals surface area contributed by atoms with Gasteiger partial charge in [0, 0.05) is 12.3 Å². The van der Waals surface area contributed by atoms with Crippen LogP contribution in [0.3, 0.4) is 0 Å². The SMILES string of the molecule is O=C1CCCCC1c1ccc(O)cc1. The van der Waals surface area contributed by atoms with E-state index in [1.165, 1.54) is 0 Å². The van der Waals surface area contributed by atoms with Crippen LogP contribution in [0.4, 0.5) is 0 Å². The standard InChI is InChI=1S/C12H14O2/c13-10-7-5-9(6-8-10)11-3-1-2-4-12(11)14/h5-8,11,13H,1-4H2. The lowest BCUT2D eigenvalue weighted by atomic mass is 9.83. The number of ketones is 1. The Labute approximate surface area is 83.6 Å². The largest absolute Gasteiger partial charge is 0.508 e. The van der Waals surface area contributed by atoms with Gasteiger partial charge in [-0.25, -0.2) is 0 Å². The van der Waals surface area contributed by atoms with Crippen LogP contribution in [0.25, 0.3) is 0 Å². The molecule has 0 saturated heterocycles. The first-order chi connectivity index (χ1) is 6.77. The number of carbonyl (C=O) groups excluding carboxylic acids is 1. The molecule has 1 atom stereocenters. The predicted octanol–water partition coefficient (Wildman–Crippen LogP) is 2.62. The van der Waals surface area contributed by atoms with Gasteiger partial charge >= 0.3 is 0 Å². The Bertz CT molecular complexity index is 327. The van der Waals surface area contributed by atoms with E-state index in [9.17, 15) is 4.79 Å². The fourth-order valence-electron chi connectivity index (χ4n) is 2.04. The Morgan fingerprint density at radius 3 is 2.50 bits per heavy atom. The van der Waals surface area contributed by atoms with Gasteiger partial charge in [-0.3, -0.25) is 4.79 Å². The molecule has 1 fully saturated rings. The van der Waals surface area contributed by atoms with Gasteiger partial charge in [-0.15, -0.1) is 0 Å². The van der Waals surface area contributed by atoms with Crippen LogP contribution in [0.2, 0.25) is 0 Å². The summed E-state index contributed by atoms with van der Waals surface area (Å²) in [5.74, 6) is 0.684. The molecule has 1 aromatic carbocycles. The average molecular weight is 190 g/mol. The maximum atomic E-state index is 11.6. The van der Waals surface area contributed by atoms with Crippen molar-refractivity contribution in [3.05, 3.63) is 29.8 Å². The maximum Gasteiger partial charge on any atom is 0.140 e. The van der Waals surface area contributed by atoms with Gasteiger partial charge in [0.15, 0.2) is 0 Å². The van der Waals surface area contributed by atoms with Crippen molar-refractivity contribution in [1.82, 2.24) is 0 Å². The van der Waals surface area contributed by atoms with E-state index in [0.29, 0.717) is 12.2 Å². The predicted molar refractivity (Wildman–Crippen MR) is 54.3 cm³/mol. The molecule has 0 bridgehead atoms. The van der Waals surface area contributed by atoms with Crippen molar-refractivity contribution < 1.29 is 9.90 Å². The molecule has 2 heteroatoms. The molecule has 0 aromatic heterocycles. The summed E-state index contributed by atoms with van der Waals surface area (Å²) in [6.07, 6.45) is 3.85. The van der Waals surface area contributed by atoms with E-state index >= 15 is 0 Å². The summed E-state index contributed by atoms with van der Waals surface area (Å²) in [5, 5.41) is 9.14. The van der Waals surface area contributed by atoms with E-state index in [0.717, 1.165) is 24.8 Å². The van der Waals surface area contributed by atoms with Crippen LogP contribution in [0.15, 0.2) is 24.3 Å². The summed E-state index contributed by atoms with van der Waals surface area (Å²) in [7, 11) is 0. The van der Waals surface area contributed by atoms with Crippen molar-refractivity contribution in [2.75, 3.05) is 0 Å². The molecule has 0 aliphatic heterocycles. The van der Waals surface area contributed by atoms with E-state index in [2.05, 4.69) is 0 Å². The minimum Gasteiger partial charge on any atom is -0.508 e. The van der Waals surface area contributed by atoms with E-state index in [1.807, 2.05) is 12.1 Å². The first kappa shape index (κ1) is 9.25. The van der Waals surface area contributed by atoms with Crippen molar-refractivity contribution in [1.29, 1.82) is 0 Å². The number of aromatic hydroxyl groups is 1. The molecule has 74 valence electrons. The summed E-state index contributed by atoms with van der Waals surface area (Å²) in [5.41, 5.74) is 1.05. The zero-order chi connectivity index (χ0) is 9.97. The molecule has 2 nitrogen and oxygen atoms in total. The van der Waals surface area contributed by atoms with Gasteiger partial charge in [0.25, 0.3) is 0 Å². The zero-order valence-corrected chi connectivity index (χ0v) is 8.07. The van der Waals surface area contributed by atoms with Crippen molar-refractivity contribution >= 4 is 5.78 Å². The molecule has 0 amide bonds.